The number of carbonyl (C=O) groups is 1. The Kier molecular flexibility index (Phi) is 5.43. The molecule has 1 saturated heterocycles. The summed E-state index contributed by atoms with van der Waals surface area (Å²) in [5, 5.41) is 0. The number of likely N-dealkylation sites (tertiary alicyclic amines) is 1. The van der Waals surface area contributed by atoms with Crippen molar-refractivity contribution in [2.45, 2.75) is 25.1 Å². The Bertz CT molecular complexity index is 890. The summed E-state index contributed by atoms with van der Waals surface area (Å²) in [7, 11) is 0. The van der Waals surface area contributed by atoms with Gasteiger partial charge < -0.3 is 9.64 Å². The van der Waals surface area contributed by atoms with E-state index in [1.165, 1.54) is 0 Å². The van der Waals surface area contributed by atoms with Crippen LogP contribution < -0.4 is 4.74 Å². The minimum atomic E-state index is -4.67. The lowest BCUT2D eigenvalue weighted by Gasteiger charge is -2.32. The maximum Gasteiger partial charge on any atom is 0.433 e. The van der Waals surface area contributed by atoms with Crippen LogP contribution in [-0.2, 0) is 6.18 Å². The number of halogens is 6. The number of benzene rings is 1. The molecule has 1 aromatic carbocycles. The van der Waals surface area contributed by atoms with Crippen molar-refractivity contribution in [1.29, 1.82) is 0 Å². The largest absolute Gasteiger partial charge is 0.458 e. The molecule has 3 rings (SSSR count). The normalized spacial score (nSPS) is 17.5. The molecule has 1 fully saturated rings. The van der Waals surface area contributed by atoms with Crippen molar-refractivity contribution >= 4 is 5.91 Å². The zero-order valence-corrected chi connectivity index (χ0v) is 14.1. The molecule has 0 aliphatic carbocycles. The lowest BCUT2D eigenvalue weighted by molar-refractivity contribution is -0.141. The quantitative estimate of drug-likeness (QED) is 0.579. The number of hydrogen-bond acceptors (Lipinski definition) is 4. The highest BCUT2D eigenvalue weighted by Crippen LogP contribution is 2.28. The minimum absolute atomic E-state index is 0.100. The Labute approximate surface area is 155 Å². The van der Waals surface area contributed by atoms with E-state index in [2.05, 4.69) is 9.97 Å². The number of nitrogens with zero attached hydrogens (tertiary/aromatic N) is 3. The van der Waals surface area contributed by atoms with E-state index in [1.807, 2.05) is 0 Å². The molecule has 0 radical (unpaired) electrons. The molecule has 2 aromatic rings. The summed E-state index contributed by atoms with van der Waals surface area (Å²) in [6, 6.07) is 1.65. The van der Waals surface area contributed by atoms with Gasteiger partial charge >= 0.3 is 12.2 Å². The fourth-order valence-corrected chi connectivity index (χ4v) is 2.78. The molecule has 0 spiro atoms. The number of piperidine rings is 1. The first-order valence-corrected chi connectivity index (χ1v) is 8.16. The second-order valence-electron chi connectivity index (χ2n) is 6.08. The molecule has 0 saturated carbocycles. The maximum absolute atomic E-state index is 13.8. The third-order valence-electron chi connectivity index (χ3n) is 4.13. The van der Waals surface area contributed by atoms with Gasteiger partial charge in [-0.2, -0.15) is 18.2 Å². The van der Waals surface area contributed by atoms with E-state index in [-0.39, 0.29) is 13.1 Å². The summed E-state index contributed by atoms with van der Waals surface area (Å²) in [4.78, 5) is 20.5. The molecule has 11 heteroatoms. The van der Waals surface area contributed by atoms with Crippen LogP contribution in [0.4, 0.5) is 26.3 Å². The fourth-order valence-electron chi connectivity index (χ4n) is 2.78. The number of carbonyl (C=O) groups excluding carboxylic acids is 1. The van der Waals surface area contributed by atoms with Crippen LogP contribution in [0.5, 0.6) is 6.01 Å². The number of amides is 1. The molecule has 1 atom stereocenters. The summed E-state index contributed by atoms with van der Waals surface area (Å²) in [6.45, 7) is 0.0947. The minimum Gasteiger partial charge on any atom is -0.458 e. The Morgan fingerprint density at radius 2 is 1.89 bits per heavy atom. The van der Waals surface area contributed by atoms with E-state index in [0.717, 1.165) is 17.2 Å². The molecule has 28 heavy (non-hydrogen) atoms. The molecular formula is C17H13F6N3O2. The molecule has 1 amide bonds. The van der Waals surface area contributed by atoms with Crippen LogP contribution in [0.3, 0.4) is 0 Å². The molecule has 5 nitrogen and oxygen atoms in total. The third kappa shape index (κ3) is 4.18. The fraction of sp³-hybridized carbons (Fsp3) is 0.353. The zero-order valence-electron chi connectivity index (χ0n) is 14.1. The van der Waals surface area contributed by atoms with Gasteiger partial charge in [0, 0.05) is 12.7 Å². The maximum atomic E-state index is 13.8. The smallest absolute Gasteiger partial charge is 0.433 e. The first-order chi connectivity index (χ1) is 13.2. The Hall–Kier alpha value is -2.85. The van der Waals surface area contributed by atoms with Crippen LogP contribution in [0, 0.1) is 17.5 Å². The average molecular weight is 405 g/mol. The van der Waals surface area contributed by atoms with E-state index < -0.39 is 52.9 Å². The summed E-state index contributed by atoms with van der Waals surface area (Å²) in [5.41, 5.74) is -1.82. The molecular weight excluding hydrogens is 392 g/mol. The monoisotopic (exact) mass is 405 g/mol. The van der Waals surface area contributed by atoms with Crippen molar-refractivity contribution in [3.8, 4) is 6.01 Å². The Morgan fingerprint density at radius 3 is 2.61 bits per heavy atom. The predicted molar refractivity (Wildman–Crippen MR) is 82.9 cm³/mol. The number of aromatic nitrogens is 2. The van der Waals surface area contributed by atoms with Gasteiger partial charge in [0.25, 0.3) is 5.91 Å². The van der Waals surface area contributed by atoms with Gasteiger partial charge in [0.15, 0.2) is 23.1 Å². The zero-order chi connectivity index (χ0) is 20.5. The van der Waals surface area contributed by atoms with Gasteiger partial charge in [-0.25, -0.2) is 18.2 Å². The van der Waals surface area contributed by atoms with Gasteiger partial charge in [-0.15, -0.1) is 0 Å². The highest BCUT2D eigenvalue weighted by molar-refractivity contribution is 5.94. The highest BCUT2D eigenvalue weighted by atomic mass is 19.4. The molecule has 150 valence electrons. The number of rotatable bonds is 3. The number of ether oxygens (including phenoxy) is 1. The van der Waals surface area contributed by atoms with E-state index in [9.17, 15) is 31.1 Å². The topological polar surface area (TPSA) is 55.3 Å². The molecule has 1 aliphatic heterocycles. The number of hydrogen-bond donors (Lipinski definition) is 0. The van der Waals surface area contributed by atoms with Gasteiger partial charge in [-0.05, 0) is 31.0 Å². The van der Waals surface area contributed by atoms with Gasteiger partial charge in [-0.3, -0.25) is 4.79 Å². The van der Waals surface area contributed by atoms with Gasteiger partial charge in [0.05, 0.1) is 12.1 Å². The van der Waals surface area contributed by atoms with Crippen LogP contribution >= 0.6 is 0 Å². The van der Waals surface area contributed by atoms with Crippen LogP contribution in [-0.4, -0.2) is 40.0 Å². The van der Waals surface area contributed by atoms with Crippen LogP contribution in [0.25, 0.3) is 0 Å². The van der Waals surface area contributed by atoms with E-state index in [1.54, 1.807) is 0 Å². The molecule has 0 bridgehead atoms. The number of alkyl halides is 3. The Morgan fingerprint density at radius 1 is 1.14 bits per heavy atom. The lowest BCUT2D eigenvalue weighted by atomic mass is 10.1. The van der Waals surface area contributed by atoms with Crippen molar-refractivity contribution < 1.29 is 35.9 Å². The predicted octanol–water partition coefficient (Wildman–Crippen LogP) is 3.60. The Balaban J connectivity index is 1.73. The van der Waals surface area contributed by atoms with Crippen LogP contribution in [0.2, 0.25) is 0 Å². The average Bonchev–Trinajstić information content (AvgIpc) is 2.65. The van der Waals surface area contributed by atoms with Crippen LogP contribution in [0.15, 0.2) is 24.4 Å². The van der Waals surface area contributed by atoms with Gasteiger partial charge in [0.2, 0.25) is 0 Å². The SMILES string of the molecule is O=C(c1ccc(F)c(F)c1F)N1CCCC(Oc2nccc(C(F)(F)F)n2)C1. The first kappa shape index (κ1) is 19.9. The highest BCUT2D eigenvalue weighted by Gasteiger charge is 2.34. The van der Waals surface area contributed by atoms with E-state index in [4.69, 9.17) is 4.74 Å². The van der Waals surface area contributed by atoms with Gasteiger partial charge in [0.1, 0.15) is 6.10 Å². The standard InChI is InChI=1S/C17H13F6N3O2/c18-11-4-3-10(13(19)14(11)20)15(27)26-7-1-2-9(8-26)28-16-24-6-5-12(25-16)17(21,22)23/h3-6,9H,1-2,7-8H2. The lowest BCUT2D eigenvalue weighted by Crippen LogP contribution is -2.44. The summed E-state index contributed by atoms with van der Waals surface area (Å²) >= 11 is 0. The van der Waals surface area contributed by atoms with Crippen molar-refractivity contribution in [2.75, 3.05) is 13.1 Å². The van der Waals surface area contributed by atoms with E-state index >= 15 is 0 Å². The second-order valence-corrected chi connectivity index (χ2v) is 6.08. The first-order valence-electron chi connectivity index (χ1n) is 8.16. The summed E-state index contributed by atoms with van der Waals surface area (Å²) in [6.07, 6.45) is -3.72. The molecule has 1 unspecified atom stereocenters. The van der Waals surface area contributed by atoms with Gasteiger partial charge in [-0.1, -0.05) is 0 Å². The molecule has 2 heterocycles. The molecule has 0 N–H and O–H groups in total. The summed E-state index contributed by atoms with van der Waals surface area (Å²) in [5.74, 6) is -5.66. The van der Waals surface area contributed by atoms with Crippen molar-refractivity contribution in [1.82, 2.24) is 14.9 Å². The third-order valence-corrected chi connectivity index (χ3v) is 4.13. The summed E-state index contributed by atoms with van der Waals surface area (Å²) < 4.78 is 83.7. The van der Waals surface area contributed by atoms with Crippen molar-refractivity contribution in [2.24, 2.45) is 0 Å². The van der Waals surface area contributed by atoms with Crippen molar-refractivity contribution in [3.05, 3.63) is 53.1 Å². The molecule has 1 aliphatic rings. The van der Waals surface area contributed by atoms with Crippen molar-refractivity contribution in [3.63, 3.8) is 0 Å². The molecule has 1 aromatic heterocycles. The van der Waals surface area contributed by atoms with E-state index in [0.29, 0.717) is 25.0 Å². The second kappa shape index (κ2) is 7.64. The van der Waals surface area contributed by atoms with Crippen LogP contribution in [0.1, 0.15) is 28.9 Å².